The summed E-state index contributed by atoms with van der Waals surface area (Å²) in [5.74, 6) is 0.175. The van der Waals surface area contributed by atoms with Crippen molar-refractivity contribution in [2.75, 3.05) is 12.5 Å². The van der Waals surface area contributed by atoms with Gasteiger partial charge in [-0.05, 0) is 36.8 Å². The van der Waals surface area contributed by atoms with Crippen LogP contribution in [0.15, 0.2) is 65.1 Å². The summed E-state index contributed by atoms with van der Waals surface area (Å²) >= 11 is 1.49. The number of thiazole rings is 1. The molecule has 0 spiro atoms. The van der Waals surface area contributed by atoms with Crippen LogP contribution < -0.4 is 10.2 Å². The number of anilines is 1. The Bertz CT molecular complexity index is 908. The van der Waals surface area contributed by atoms with Crippen LogP contribution in [-0.4, -0.2) is 30.4 Å². The highest BCUT2D eigenvalue weighted by Crippen LogP contribution is 2.24. The Balaban J connectivity index is 1.56. The topological polar surface area (TPSA) is 72.8 Å². The third-order valence-electron chi connectivity index (χ3n) is 3.67. The van der Waals surface area contributed by atoms with E-state index in [1.165, 1.54) is 18.4 Å². The average Bonchev–Trinajstić information content (AvgIpc) is 3.18. The van der Waals surface area contributed by atoms with E-state index in [1.807, 2.05) is 47.8 Å². The first kappa shape index (κ1) is 18.6. The fourth-order valence-electron chi connectivity index (χ4n) is 2.28. The van der Waals surface area contributed by atoms with Gasteiger partial charge in [0.25, 0.3) is 0 Å². The van der Waals surface area contributed by atoms with Crippen molar-refractivity contribution in [3.63, 3.8) is 0 Å². The highest BCUT2D eigenvalue weighted by Gasteiger charge is 2.14. The zero-order valence-electron chi connectivity index (χ0n) is 15.0. The highest BCUT2D eigenvalue weighted by atomic mass is 32.1. The fraction of sp³-hybridized carbons (Fsp3) is 0.150. The number of carbonyl (C=O) groups excluding carboxylic acids is 1. The molecule has 0 fully saturated rings. The number of ether oxygens (including phenoxy) is 2. The molecule has 2 aromatic carbocycles. The van der Waals surface area contributed by atoms with E-state index in [4.69, 9.17) is 4.74 Å². The number of rotatable bonds is 7. The first-order chi connectivity index (χ1) is 13.2. The smallest absolute Gasteiger partial charge is 0.346 e. The van der Waals surface area contributed by atoms with Crippen molar-refractivity contribution in [1.82, 2.24) is 4.98 Å². The molecule has 1 unspecified atom stereocenters. The number of aromatic nitrogens is 1. The second-order valence-corrected chi connectivity index (χ2v) is 6.48. The molecule has 138 valence electrons. The quantitative estimate of drug-likeness (QED) is 0.377. The molecule has 0 aliphatic rings. The molecule has 0 amide bonds. The Labute approximate surface area is 161 Å². The monoisotopic (exact) mass is 381 g/mol. The Morgan fingerprint density at radius 3 is 2.63 bits per heavy atom. The first-order valence-corrected chi connectivity index (χ1v) is 9.18. The number of methoxy groups -OCH3 is 1. The minimum atomic E-state index is -0.653. The van der Waals surface area contributed by atoms with Crippen molar-refractivity contribution in [2.45, 2.75) is 13.0 Å². The molecule has 27 heavy (non-hydrogen) atoms. The van der Waals surface area contributed by atoms with E-state index < -0.39 is 12.1 Å². The molecule has 0 aliphatic heterocycles. The van der Waals surface area contributed by atoms with Crippen LogP contribution in [0, 0.1) is 0 Å². The molecule has 3 rings (SSSR count). The average molecular weight is 381 g/mol. The summed E-state index contributed by atoms with van der Waals surface area (Å²) in [6.45, 7) is 1.64. The molecular formula is C20H19N3O3S. The Kier molecular flexibility index (Phi) is 6.17. The van der Waals surface area contributed by atoms with Gasteiger partial charge in [-0.3, -0.25) is 5.43 Å². The van der Waals surface area contributed by atoms with Crippen LogP contribution in [0.25, 0.3) is 11.3 Å². The van der Waals surface area contributed by atoms with Crippen molar-refractivity contribution >= 4 is 28.7 Å². The lowest BCUT2D eigenvalue weighted by Gasteiger charge is -2.12. The van der Waals surface area contributed by atoms with Crippen LogP contribution in [0.1, 0.15) is 12.5 Å². The van der Waals surface area contributed by atoms with Gasteiger partial charge in [0.05, 0.1) is 19.0 Å². The molecule has 1 aromatic heterocycles. The number of esters is 1. The van der Waals surface area contributed by atoms with E-state index in [0.29, 0.717) is 5.75 Å². The predicted octanol–water partition coefficient (Wildman–Crippen LogP) is 4.20. The maximum atomic E-state index is 11.4. The minimum Gasteiger partial charge on any atom is -0.479 e. The normalized spacial score (nSPS) is 11.9. The van der Waals surface area contributed by atoms with Crippen molar-refractivity contribution in [2.24, 2.45) is 5.10 Å². The van der Waals surface area contributed by atoms with Crippen LogP contribution in [-0.2, 0) is 9.53 Å². The number of nitrogens with zero attached hydrogens (tertiary/aromatic N) is 2. The SMILES string of the molecule is COC(=O)C(C)Oc1ccc(C=NNc2nc(-c3ccccc3)cs2)cc1. The zero-order valence-corrected chi connectivity index (χ0v) is 15.8. The van der Waals surface area contributed by atoms with Crippen LogP contribution in [0.4, 0.5) is 5.13 Å². The van der Waals surface area contributed by atoms with Crippen LogP contribution >= 0.6 is 11.3 Å². The fourth-order valence-corrected chi connectivity index (χ4v) is 2.95. The molecule has 6 nitrogen and oxygen atoms in total. The molecule has 0 radical (unpaired) electrons. The lowest BCUT2D eigenvalue weighted by molar-refractivity contribution is -0.147. The number of hydrazone groups is 1. The van der Waals surface area contributed by atoms with Gasteiger partial charge in [-0.1, -0.05) is 30.3 Å². The first-order valence-electron chi connectivity index (χ1n) is 8.30. The molecular weight excluding hydrogens is 362 g/mol. The summed E-state index contributed by atoms with van der Waals surface area (Å²) in [7, 11) is 1.33. The second kappa shape index (κ2) is 8.95. The maximum absolute atomic E-state index is 11.4. The Morgan fingerprint density at radius 2 is 1.93 bits per heavy atom. The maximum Gasteiger partial charge on any atom is 0.346 e. The molecule has 0 saturated carbocycles. The van der Waals surface area contributed by atoms with E-state index >= 15 is 0 Å². The van der Waals surface area contributed by atoms with Crippen molar-refractivity contribution in [3.8, 4) is 17.0 Å². The highest BCUT2D eigenvalue weighted by molar-refractivity contribution is 7.14. The predicted molar refractivity (Wildman–Crippen MR) is 107 cm³/mol. The lowest BCUT2D eigenvalue weighted by Crippen LogP contribution is -2.24. The summed E-state index contributed by atoms with van der Waals surface area (Å²) in [5.41, 5.74) is 5.81. The van der Waals surface area contributed by atoms with E-state index in [0.717, 1.165) is 22.0 Å². The third-order valence-corrected chi connectivity index (χ3v) is 4.42. The van der Waals surface area contributed by atoms with Crippen LogP contribution in [0.5, 0.6) is 5.75 Å². The molecule has 1 heterocycles. The second-order valence-electron chi connectivity index (χ2n) is 5.63. The molecule has 7 heteroatoms. The molecule has 0 aliphatic carbocycles. The Hall–Kier alpha value is -3.19. The van der Waals surface area contributed by atoms with Gasteiger partial charge >= 0.3 is 5.97 Å². The van der Waals surface area contributed by atoms with Gasteiger partial charge in [-0.15, -0.1) is 11.3 Å². The van der Waals surface area contributed by atoms with Crippen molar-refractivity contribution in [1.29, 1.82) is 0 Å². The van der Waals surface area contributed by atoms with Crippen molar-refractivity contribution in [3.05, 3.63) is 65.5 Å². The van der Waals surface area contributed by atoms with E-state index in [9.17, 15) is 4.79 Å². The lowest BCUT2D eigenvalue weighted by atomic mass is 10.2. The largest absolute Gasteiger partial charge is 0.479 e. The zero-order chi connectivity index (χ0) is 19.1. The molecule has 0 saturated heterocycles. The molecule has 0 bridgehead atoms. The number of hydrogen-bond acceptors (Lipinski definition) is 7. The standard InChI is InChI=1S/C20H19N3O3S/c1-14(19(24)25-2)26-17-10-8-15(9-11-17)12-21-23-20-22-18(13-27-20)16-6-4-3-5-7-16/h3-14H,1-2H3,(H,22,23). The minimum absolute atomic E-state index is 0.414. The van der Waals surface area contributed by atoms with Gasteiger partial charge in [0.1, 0.15) is 5.75 Å². The summed E-state index contributed by atoms with van der Waals surface area (Å²) in [4.78, 5) is 15.9. The van der Waals surface area contributed by atoms with E-state index in [1.54, 1.807) is 25.3 Å². The third kappa shape index (κ3) is 5.15. The number of hydrogen-bond donors (Lipinski definition) is 1. The van der Waals surface area contributed by atoms with Gasteiger partial charge in [0, 0.05) is 10.9 Å². The summed E-state index contributed by atoms with van der Waals surface area (Å²) in [6, 6.07) is 17.2. The van der Waals surface area contributed by atoms with Gasteiger partial charge in [0.15, 0.2) is 6.10 Å². The van der Waals surface area contributed by atoms with Crippen LogP contribution in [0.2, 0.25) is 0 Å². The van der Waals surface area contributed by atoms with Gasteiger partial charge in [-0.25, -0.2) is 9.78 Å². The summed E-state index contributed by atoms with van der Waals surface area (Å²) < 4.78 is 10.1. The number of benzene rings is 2. The number of carbonyl (C=O) groups is 1. The van der Waals surface area contributed by atoms with Gasteiger partial charge in [0.2, 0.25) is 5.13 Å². The van der Waals surface area contributed by atoms with Gasteiger partial charge in [-0.2, -0.15) is 5.10 Å². The number of nitrogens with one attached hydrogen (secondary N) is 1. The molecule has 1 N–H and O–H groups in total. The van der Waals surface area contributed by atoms with Gasteiger partial charge < -0.3 is 9.47 Å². The van der Waals surface area contributed by atoms with Crippen molar-refractivity contribution < 1.29 is 14.3 Å². The molecule has 3 aromatic rings. The van der Waals surface area contributed by atoms with Crippen LogP contribution in [0.3, 0.4) is 0 Å². The van der Waals surface area contributed by atoms with E-state index in [-0.39, 0.29) is 0 Å². The molecule has 1 atom stereocenters. The summed E-state index contributed by atoms with van der Waals surface area (Å²) in [6.07, 6.45) is 1.04. The van der Waals surface area contributed by atoms with E-state index in [2.05, 4.69) is 20.2 Å². The Morgan fingerprint density at radius 1 is 1.19 bits per heavy atom. The summed E-state index contributed by atoms with van der Waals surface area (Å²) in [5, 5.41) is 6.92.